The van der Waals surface area contributed by atoms with Gasteiger partial charge in [-0.2, -0.15) is 0 Å². The minimum atomic E-state index is -3.69. The maximum absolute atomic E-state index is 12.6. The van der Waals surface area contributed by atoms with Crippen LogP contribution < -0.4 is 14.8 Å². The van der Waals surface area contributed by atoms with Crippen molar-refractivity contribution in [2.45, 2.75) is 32.4 Å². The maximum Gasteiger partial charge on any atom is 0.239 e. The normalized spacial score (nSPS) is 11.4. The van der Waals surface area contributed by atoms with E-state index in [0.29, 0.717) is 40.4 Å². The zero-order valence-electron chi connectivity index (χ0n) is 19.1. The Morgan fingerprint density at radius 3 is 2.64 bits per heavy atom. The third kappa shape index (κ3) is 6.79. The summed E-state index contributed by atoms with van der Waals surface area (Å²) < 4.78 is 36.1. The van der Waals surface area contributed by atoms with Gasteiger partial charge in [-0.25, -0.2) is 13.4 Å². The summed E-state index contributed by atoms with van der Waals surface area (Å²) in [5.74, 6) is 0.0344. The second-order valence-electron chi connectivity index (χ2n) is 7.80. The monoisotopic (exact) mass is 488 g/mol. The van der Waals surface area contributed by atoms with Crippen molar-refractivity contribution in [1.29, 1.82) is 0 Å². The van der Waals surface area contributed by atoms with Crippen molar-refractivity contribution >= 4 is 32.8 Å². The van der Waals surface area contributed by atoms with E-state index in [1.165, 1.54) is 11.3 Å². The van der Waals surface area contributed by atoms with Gasteiger partial charge in [0.05, 0.1) is 25.2 Å². The Kier molecular flexibility index (Phi) is 8.10. The third-order valence-corrected chi connectivity index (χ3v) is 7.20. The first kappa shape index (κ1) is 24.7. The number of ether oxygens (including phenoxy) is 2. The third-order valence-electron chi connectivity index (χ3n) is 4.82. The van der Waals surface area contributed by atoms with Gasteiger partial charge < -0.3 is 14.8 Å². The number of nitrogens with zero attached hydrogens (tertiary/aromatic N) is 1. The average molecular weight is 489 g/mol. The fourth-order valence-corrected chi connectivity index (χ4v) is 5.32. The summed E-state index contributed by atoms with van der Waals surface area (Å²) in [4.78, 5) is 16.8. The topological polar surface area (TPSA) is 94.6 Å². The fraction of sp³-hybridized carbons (Fsp3) is 0.333. The molecule has 3 rings (SSSR count). The lowest BCUT2D eigenvalue weighted by atomic mass is 10.0. The molecule has 9 heteroatoms. The molecule has 1 amide bonds. The zero-order valence-corrected chi connectivity index (χ0v) is 20.8. The largest absolute Gasteiger partial charge is 0.493 e. The van der Waals surface area contributed by atoms with Crippen molar-refractivity contribution in [2.75, 3.05) is 24.8 Å². The minimum absolute atomic E-state index is 0.305. The van der Waals surface area contributed by atoms with E-state index in [2.05, 4.69) is 24.1 Å². The summed E-state index contributed by atoms with van der Waals surface area (Å²) in [5, 5.41) is 5.03. The number of hydrogen-bond acceptors (Lipinski definition) is 7. The highest BCUT2D eigenvalue weighted by atomic mass is 32.2. The number of carbonyl (C=O) groups is 1. The van der Waals surface area contributed by atoms with E-state index in [4.69, 9.17) is 9.47 Å². The first-order chi connectivity index (χ1) is 15.7. The second kappa shape index (κ2) is 10.8. The number of hydrogen-bond donors (Lipinski definition) is 1. The molecule has 0 aliphatic carbocycles. The predicted octanol–water partition coefficient (Wildman–Crippen LogP) is 4.89. The molecule has 0 aliphatic rings. The molecule has 0 saturated carbocycles. The molecule has 0 radical (unpaired) electrons. The number of amides is 1. The quantitative estimate of drug-likeness (QED) is 0.436. The first-order valence-electron chi connectivity index (χ1n) is 10.6. The van der Waals surface area contributed by atoms with Gasteiger partial charge in [-0.05, 0) is 48.7 Å². The van der Waals surface area contributed by atoms with Gasteiger partial charge in [-0.3, -0.25) is 4.79 Å². The van der Waals surface area contributed by atoms with Gasteiger partial charge >= 0.3 is 0 Å². The summed E-state index contributed by atoms with van der Waals surface area (Å²) in [6.45, 7) is 6.52. The lowest BCUT2D eigenvalue weighted by molar-refractivity contribution is -0.113. The van der Waals surface area contributed by atoms with Gasteiger partial charge in [0.1, 0.15) is 10.8 Å². The van der Waals surface area contributed by atoms with Gasteiger partial charge in [0.2, 0.25) is 5.91 Å². The van der Waals surface area contributed by atoms with E-state index >= 15 is 0 Å². The summed E-state index contributed by atoms with van der Waals surface area (Å²) in [6, 6.07) is 12.9. The van der Waals surface area contributed by atoms with Crippen molar-refractivity contribution < 1.29 is 22.7 Å². The van der Waals surface area contributed by atoms with Gasteiger partial charge in [0, 0.05) is 16.6 Å². The molecule has 1 aromatic heterocycles. The van der Waals surface area contributed by atoms with Crippen LogP contribution in [0.25, 0.3) is 10.6 Å². The highest BCUT2D eigenvalue weighted by molar-refractivity contribution is 7.91. The molecule has 0 fully saturated rings. The van der Waals surface area contributed by atoms with E-state index in [1.54, 1.807) is 30.7 Å². The molecule has 33 heavy (non-hydrogen) atoms. The van der Waals surface area contributed by atoms with Gasteiger partial charge in [0.25, 0.3) is 0 Å². The number of nitrogens with one attached hydrogen (secondary N) is 1. The lowest BCUT2D eigenvalue weighted by Crippen LogP contribution is -2.24. The molecule has 0 bridgehead atoms. The highest BCUT2D eigenvalue weighted by Crippen LogP contribution is 2.34. The van der Waals surface area contributed by atoms with Crippen LogP contribution in [-0.2, 0) is 20.4 Å². The highest BCUT2D eigenvalue weighted by Gasteiger charge is 2.20. The van der Waals surface area contributed by atoms with E-state index in [1.807, 2.05) is 31.2 Å². The molecule has 1 N–H and O–H groups in total. The fourth-order valence-electron chi connectivity index (χ4n) is 3.23. The lowest BCUT2D eigenvalue weighted by Gasteiger charge is -2.10. The molecule has 2 aromatic carbocycles. The van der Waals surface area contributed by atoms with Crippen LogP contribution in [0.15, 0.2) is 47.8 Å². The number of thiazole rings is 1. The Morgan fingerprint density at radius 1 is 1.15 bits per heavy atom. The SMILES string of the molecule is CCOc1ccc(-c2nc(CS(=O)(=O)CC(=O)Nc3cccc(C(C)C)c3)cs2)cc1OC. The van der Waals surface area contributed by atoms with Gasteiger partial charge in [-0.15, -0.1) is 11.3 Å². The number of aromatic nitrogens is 1. The van der Waals surface area contributed by atoms with Crippen molar-refractivity contribution in [3.63, 3.8) is 0 Å². The van der Waals surface area contributed by atoms with E-state index < -0.39 is 21.5 Å². The standard InChI is InChI=1S/C24H28N2O5S2/c1-5-31-21-10-9-18(12-22(21)30-4)24-26-20(13-32-24)14-33(28,29)15-23(27)25-19-8-6-7-17(11-19)16(2)3/h6-13,16H,5,14-15H2,1-4H3,(H,25,27). The molecule has 0 atom stereocenters. The van der Waals surface area contributed by atoms with E-state index in [0.717, 1.165) is 11.1 Å². The predicted molar refractivity (Wildman–Crippen MR) is 132 cm³/mol. The Labute approximate surface area is 198 Å². The van der Waals surface area contributed by atoms with Crippen LogP contribution in [0.1, 0.15) is 37.9 Å². The van der Waals surface area contributed by atoms with E-state index in [9.17, 15) is 13.2 Å². The first-order valence-corrected chi connectivity index (χ1v) is 13.3. The second-order valence-corrected chi connectivity index (χ2v) is 10.7. The van der Waals surface area contributed by atoms with Crippen LogP contribution in [0.4, 0.5) is 5.69 Å². The molecule has 0 saturated heterocycles. The molecule has 0 unspecified atom stereocenters. The average Bonchev–Trinajstić information content (AvgIpc) is 3.21. The smallest absolute Gasteiger partial charge is 0.239 e. The summed E-state index contributed by atoms with van der Waals surface area (Å²) >= 11 is 1.34. The van der Waals surface area contributed by atoms with Crippen molar-refractivity contribution in [1.82, 2.24) is 4.98 Å². The zero-order chi connectivity index (χ0) is 24.0. The summed E-state index contributed by atoms with van der Waals surface area (Å²) in [7, 11) is -2.13. The Hall–Kier alpha value is -2.91. The minimum Gasteiger partial charge on any atom is -0.493 e. The molecule has 0 spiro atoms. The molecular formula is C24H28N2O5S2. The van der Waals surface area contributed by atoms with Gasteiger partial charge in [0.15, 0.2) is 21.3 Å². The van der Waals surface area contributed by atoms with Crippen LogP contribution in [0.3, 0.4) is 0 Å². The number of sulfone groups is 1. The molecule has 0 aliphatic heterocycles. The van der Waals surface area contributed by atoms with Crippen LogP contribution in [0.5, 0.6) is 11.5 Å². The molecule has 1 heterocycles. The van der Waals surface area contributed by atoms with Crippen molar-refractivity contribution in [3.05, 3.63) is 59.1 Å². The maximum atomic E-state index is 12.6. The number of rotatable bonds is 10. The Balaban J connectivity index is 1.66. The van der Waals surface area contributed by atoms with E-state index in [-0.39, 0.29) is 5.75 Å². The van der Waals surface area contributed by atoms with Crippen molar-refractivity contribution in [3.8, 4) is 22.1 Å². The Bertz CT molecular complexity index is 1220. The summed E-state index contributed by atoms with van der Waals surface area (Å²) in [5.41, 5.74) is 2.85. The number of carbonyl (C=O) groups excluding carboxylic acids is 1. The van der Waals surface area contributed by atoms with Gasteiger partial charge in [-0.1, -0.05) is 26.0 Å². The summed E-state index contributed by atoms with van der Waals surface area (Å²) in [6.07, 6.45) is 0. The van der Waals surface area contributed by atoms with Crippen LogP contribution in [0, 0.1) is 0 Å². The molecule has 3 aromatic rings. The number of methoxy groups -OCH3 is 1. The van der Waals surface area contributed by atoms with Crippen LogP contribution in [-0.4, -0.2) is 38.8 Å². The van der Waals surface area contributed by atoms with Crippen LogP contribution in [0.2, 0.25) is 0 Å². The molecule has 176 valence electrons. The Morgan fingerprint density at radius 2 is 1.94 bits per heavy atom. The molecular weight excluding hydrogens is 460 g/mol. The number of anilines is 1. The molecule has 7 nitrogen and oxygen atoms in total. The number of benzene rings is 2. The van der Waals surface area contributed by atoms with Crippen LogP contribution >= 0.6 is 11.3 Å². The van der Waals surface area contributed by atoms with Crippen molar-refractivity contribution in [2.24, 2.45) is 0 Å².